The number of benzene rings is 2. The molecule has 0 amide bonds. The Morgan fingerprint density at radius 1 is 1.04 bits per heavy atom. The second-order valence-electron chi connectivity index (χ2n) is 5.60. The van der Waals surface area contributed by atoms with Crippen LogP contribution in [0.4, 0.5) is 0 Å². The zero-order valence-corrected chi connectivity index (χ0v) is 13.5. The van der Waals surface area contributed by atoms with Gasteiger partial charge in [-0.3, -0.25) is 0 Å². The number of allylic oxidation sites excluding steroid dienone is 1. The van der Waals surface area contributed by atoms with Crippen molar-refractivity contribution >= 4 is 22.6 Å². The summed E-state index contributed by atoms with van der Waals surface area (Å²) in [7, 11) is 0. The minimum Gasteiger partial charge on any atom is -0.508 e. The molecule has 4 rings (SSSR count). The maximum Gasteiger partial charge on any atom is 0.173 e. The molecule has 0 saturated carbocycles. The van der Waals surface area contributed by atoms with Crippen LogP contribution in [0.25, 0.3) is 5.70 Å². The maximum absolute atomic E-state index is 9.56. The van der Waals surface area contributed by atoms with Crippen molar-refractivity contribution in [1.82, 2.24) is 4.90 Å². The highest BCUT2D eigenvalue weighted by Crippen LogP contribution is 2.43. The molecule has 0 radical (unpaired) electrons. The Kier molecular flexibility index (Phi) is 3.46. The maximum atomic E-state index is 9.56. The summed E-state index contributed by atoms with van der Waals surface area (Å²) in [6.45, 7) is 2.03. The summed E-state index contributed by atoms with van der Waals surface area (Å²) in [6, 6.07) is 17.9. The van der Waals surface area contributed by atoms with Crippen molar-refractivity contribution in [3.8, 4) is 5.75 Å². The molecule has 0 fully saturated rings. The van der Waals surface area contributed by atoms with Gasteiger partial charge in [0.1, 0.15) is 5.75 Å². The van der Waals surface area contributed by atoms with Crippen LogP contribution in [0.3, 0.4) is 0 Å². The van der Waals surface area contributed by atoms with Crippen LogP contribution in [0.5, 0.6) is 5.75 Å². The number of amidine groups is 1. The summed E-state index contributed by atoms with van der Waals surface area (Å²) < 4.78 is 0. The molecule has 2 aromatic rings. The van der Waals surface area contributed by atoms with Crippen LogP contribution >= 0.6 is 11.8 Å². The second-order valence-corrected chi connectivity index (χ2v) is 6.43. The van der Waals surface area contributed by atoms with Gasteiger partial charge in [0.25, 0.3) is 0 Å². The van der Waals surface area contributed by atoms with E-state index in [1.165, 1.54) is 5.56 Å². The van der Waals surface area contributed by atoms with Crippen LogP contribution in [-0.2, 0) is 0 Å². The number of phenols is 1. The fraction of sp³-hybridized carbons (Fsp3) is 0.105. The van der Waals surface area contributed by atoms with Crippen molar-refractivity contribution in [1.29, 1.82) is 0 Å². The largest absolute Gasteiger partial charge is 0.508 e. The number of fused-ring (bicyclic) bond motifs is 1. The van der Waals surface area contributed by atoms with Gasteiger partial charge in [-0.05, 0) is 36.3 Å². The lowest BCUT2D eigenvalue weighted by molar-refractivity contribution is 0.472. The number of rotatable bonds is 2. The summed E-state index contributed by atoms with van der Waals surface area (Å²) in [5.74, 6) is 0.286. The predicted molar refractivity (Wildman–Crippen MR) is 95.9 cm³/mol. The monoisotopic (exact) mass is 320 g/mol. The van der Waals surface area contributed by atoms with E-state index in [0.717, 1.165) is 22.1 Å². The van der Waals surface area contributed by atoms with Crippen molar-refractivity contribution < 1.29 is 5.11 Å². The van der Waals surface area contributed by atoms with Gasteiger partial charge in [0.15, 0.2) is 5.17 Å². The van der Waals surface area contributed by atoms with Crippen molar-refractivity contribution in [2.75, 3.05) is 0 Å². The van der Waals surface area contributed by atoms with Crippen molar-refractivity contribution in [2.45, 2.75) is 13.0 Å². The van der Waals surface area contributed by atoms with Crippen LogP contribution < -0.4 is 0 Å². The van der Waals surface area contributed by atoms with Gasteiger partial charge in [0.05, 0.1) is 11.7 Å². The molecule has 0 aliphatic carbocycles. The number of aliphatic imine (C=N–C) groups is 1. The highest BCUT2D eigenvalue weighted by Gasteiger charge is 2.33. The van der Waals surface area contributed by atoms with E-state index in [0.29, 0.717) is 0 Å². The fourth-order valence-corrected chi connectivity index (χ4v) is 3.89. The van der Waals surface area contributed by atoms with Gasteiger partial charge in [-0.2, -0.15) is 0 Å². The topological polar surface area (TPSA) is 35.8 Å². The molecular formula is C19H16N2OS. The number of thioether (sulfide) groups is 1. The first-order chi connectivity index (χ1) is 11.2. The third kappa shape index (κ3) is 2.55. The molecule has 114 valence electrons. The highest BCUT2D eigenvalue weighted by atomic mass is 32.2. The molecule has 2 heterocycles. The predicted octanol–water partition coefficient (Wildman–Crippen LogP) is 4.75. The molecule has 2 aliphatic heterocycles. The third-order valence-corrected chi connectivity index (χ3v) is 4.83. The molecule has 1 N–H and O–H groups in total. The zero-order chi connectivity index (χ0) is 15.8. The van der Waals surface area contributed by atoms with Gasteiger partial charge in [0.2, 0.25) is 0 Å². The first-order valence-corrected chi connectivity index (χ1v) is 8.38. The Bertz CT molecular complexity index is 822. The standard InChI is InChI=1S/C19H16N2OS/c1-13-11-17(15-7-9-16(22)10-8-15)21-18(12-23-19(21)20-13)14-5-3-2-4-6-14/h2-12,17,22H,1H3. The van der Waals surface area contributed by atoms with E-state index in [1.807, 2.05) is 25.1 Å². The van der Waals surface area contributed by atoms with E-state index in [1.54, 1.807) is 23.9 Å². The van der Waals surface area contributed by atoms with Crippen LogP contribution in [0, 0.1) is 0 Å². The van der Waals surface area contributed by atoms with Crippen LogP contribution in [0.1, 0.15) is 24.1 Å². The molecular weight excluding hydrogens is 304 g/mol. The van der Waals surface area contributed by atoms with Crippen LogP contribution in [-0.4, -0.2) is 15.2 Å². The van der Waals surface area contributed by atoms with Gasteiger partial charge in [-0.25, -0.2) is 4.99 Å². The summed E-state index contributed by atoms with van der Waals surface area (Å²) >= 11 is 1.66. The van der Waals surface area contributed by atoms with Gasteiger partial charge in [-0.15, -0.1) is 0 Å². The molecule has 2 aromatic carbocycles. The van der Waals surface area contributed by atoms with E-state index in [-0.39, 0.29) is 11.8 Å². The van der Waals surface area contributed by atoms with E-state index >= 15 is 0 Å². The van der Waals surface area contributed by atoms with Gasteiger partial charge in [-0.1, -0.05) is 54.2 Å². The van der Waals surface area contributed by atoms with E-state index in [2.05, 4.69) is 45.6 Å². The minimum atomic E-state index is 0.0876. The Morgan fingerprint density at radius 3 is 2.52 bits per heavy atom. The minimum absolute atomic E-state index is 0.0876. The van der Waals surface area contributed by atoms with Crippen molar-refractivity contribution in [3.63, 3.8) is 0 Å². The van der Waals surface area contributed by atoms with Crippen LogP contribution in [0.2, 0.25) is 0 Å². The molecule has 2 aliphatic rings. The molecule has 23 heavy (non-hydrogen) atoms. The highest BCUT2D eigenvalue weighted by molar-refractivity contribution is 8.16. The van der Waals surface area contributed by atoms with Crippen LogP contribution in [0.15, 0.2) is 76.8 Å². The fourth-order valence-electron chi connectivity index (χ4n) is 2.90. The number of hydrogen-bond acceptors (Lipinski definition) is 4. The molecule has 4 heteroatoms. The molecule has 0 saturated heterocycles. The Hall–Kier alpha value is -2.46. The quantitative estimate of drug-likeness (QED) is 0.867. The second kappa shape index (κ2) is 5.63. The third-order valence-electron chi connectivity index (χ3n) is 3.99. The van der Waals surface area contributed by atoms with Gasteiger partial charge >= 0.3 is 0 Å². The zero-order valence-electron chi connectivity index (χ0n) is 12.7. The lowest BCUT2D eigenvalue weighted by Gasteiger charge is -2.33. The van der Waals surface area contributed by atoms with E-state index in [9.17, 15) is 5.11 Å². The number of aromatic hydroxyl groups is 1. The first-order valence-electron chi connectivity index (χ1n) is 7.50. The molecule has 1 unspecified atom stereocenters. The SMILES string of the molecule is CC1=CC(c2ccc(O)cc2)N2C(c3ccccc3)=CSC2=N1. The molecule has 0 bridgehead atoms. The Morgan fingerprint density at radius 2 is 1.78 bits per heavy atom. The summed E-state index contributed by atoms with van der Waals surface area (Å²) in [5.41, 5.74) is 4.50. The average molecular weight is 320 g/mol. The first kappa shape index (κ1) is 14.2. The molecule has 3 nitrogen and oxygen atoms in total. The Balaban J connectivity index is 1.78. The molecule has 0 spiro atoms. The summed E-state index contributed by atoms with van der Waals surface area (Å²) in [4.78, 5) is 6.94. The summed E-state index contributed by atoms with van der Waals surface area (Å²) in [5, 5.41) is 12.7. The normalized spacial score (nSPS) is 19.8. The van der Waals surface area contributed by atoms with Crippen molar-refractivity contribution in [2.24, 2.45) is 4.99 Å². The van der Waals surface area contributed by atoms with Gasteiger partial charge in [0, 0.05) is 11.1 Å². The smallest absolute Gasteiger partial charge is 0.173 e. The lowest BCUT2D eigenvalue weighted by Crippen LogP contribution is -2.30. The molecule has 0 aromatic heterocycles. The van der Waals surface area contributed by atoms with E-state index in [4.69, 9.17) is 0 Å². The summed E-state index contributed by atoms with van der Waals surface area (Å²) in [6.07, 6.45) is 2.17. The van der Waals surface area contributed by atoms with Crippen molar-refractivity contribution in [3.05, 3.63) is 82.9 Å². The average Bonchev–Trinajstić information content (AvgIpc) is 2.99. The number of nitrogens with zero attached hydrogens (tertiary/aromatic N) is 2. The number of phenolic OH excluding ortho intramolecular Hbond substituents is 1. The molecule has 1 atom stereocenters. The van der Waals surface area contributed by atoms with Gasteiger partial charge < -0.3 is 10.0 Å². The Labute approximate surface area is 139 Å². The number of hydrogen-bond donors (Lipinski definition) is 1. The van der Waals surface area contributed by atoms with E-state index < -0.39 is 0 Å². The lowest BCUT2D eigenvalue weighted by atomic mass is 10.0.